The number of aromatic nitrogens is 2. The van der Waals surface area contributed by atoms with Crippen LogP contribution in [0.5, 0.6) is 0 Å². The lowest BCUT2D eigenvalue weighted by Crippen LogP contribution is -2.41. The van der Waals surface area contributed by atoms with Crippen LogP contribution in [0.15, 0.2) is 29.3 Å². The minimum atomic E-state index is 0.521. The average Bonchev–Trinajstić information content (AvgIpc) is 2.88. The lowest BCUT2D eigenvalue weighted by Gasteiger charge is -2.23. The van der Waals surface area contributed by atoms with Crippen molar-refractivity contribution in [1.29, 1.82) is 0 Å². The van der Waals surface area contributed by atoms with Gasteiger partial charge in [-0.25, -0.2) is 4.98 Å². The van der Waals surface area contributed by atoms with Gasteiger partial charge in [-0.15, -0.1) is 0 Å². The molecule has 23 heavy (non-hydrogen) atoms. The number of benzene rings is 1. The summed E-state index contributed by atoms with van der Waals surface area (Å²) in [5, 5.41) is 3.36. The van der Waals surface area contributed by atoms with Crippen molar-refractivity contribution in [3.05, 3.63) is 30.1 Å². The predicted molar refractivity (Wildman–Crippen MR) is 95.6 cm³/mol. The normalized spacial score (nSPS) is 16.8. The fourth-order valence-corrected chi connectivity index (χ4v) is 3.41. The molecule has 1 aliphatic carbocycles. The number of aryl methyl sites for hydroxylation is 2. The molecule has 2 aromatic rings. The van der Waals surface area contributed by atoms with Gasteiger partial charge < -0.3 is 15.6 Å². The molecule has 0 spiro atoms. The summed E-state index contributed by atoms with van der Waals surface area (Å²) in [7, 11) is 0. The second-order valence-corrected chi connectivity index (χ2v) is 6.40. The molecule has 1 saturated carbocycles. The summed E-state index contributed by atoms with van der Waals surface area (Å²) in [5.41, 5.74) is 8.26. The van der Waals surface area contributed by atoms with Crippen LogP contribution >= 0.6 is 0 Å². The van der Waals surface area contributed by atoms with Gasteiger partial charge in [0.25, 0.3) is 0 Å². The molecule has 3 N–H and O–H groups in total. The maximum atomic E-state index is 6.00. The summed E-state index contributed by atoms with van der Waals surface area (Å²) in [6.45, 7) is 3.73. The Morgan fingerprint density at radius 3 is 2.91 bits per heavy atom. The zero-order valence-corrected chi connectivity index (χ0v) is 14.0. The Labute approximate surface area is 138 Å². The second-order valence-electron chi connectivity index (χ2n) is 6.40. The quantitative estimate of drug-likeness (QED) is 0.506. The Hall–Kier alpha value is -2.04. The van der Waals surface area contributed by atoms with Crippen LogP contribution in [0.1, 0.15) is 44.3 Å². The van der Waals surface area contributed by atoms with Crippen LogP contribution in [0.4, 0.5) is 0 Å². The molecule has 5 heteroatoms. The molecule has 3 rings (SSSR count). The Balaban J connectivity index is 1.50. The number of aliphatic imine (C=N–C) groups is 1. The third-order valence-corrected chi connectivity index (χ3v) is 4.62. The number of nitrogens with zero attached hydrogens (tertiary/aromatic N) is 3. The van der Waals surface area contributed by atoms with Crippen molar-refractivity contribution >= 4 is 17.0 Å². The maximum absolute atomic E-state index is 6.00. The zero-order chi connectivity index (χ0) is 16.1. The van der Waals surface area contributed by atoms with Crippen molar-refractivity contribution in [1.82, 2.24) is 14.9 Å². The predicted octanol–water partition coefficient (Wildman–Crippen LogP) is 2.97. The summed E-state index contributed by atoms with van der Waals surface area (Å²) < 4.78 is 2.26. The smallest absolute Gasteiger partial charge is 0.188 e. The highest BCUT2D eigenvalue weighted by Crippen LogP contribution is 2.17. The van der Waals surface area contributed by atoms with Crippen LogP contribution in [-0.2, 0) is 6.54 Å². The fraction of sp³-hybridized carbons (Fsp3) is 0.556. The molecule has 1 fully saturated rings. The van der Waals surface area contributed by atoms with E-state index in [1.807, 2.05) is 6.07 Å². The molecule has 1 heterocycles. The van der Waals surface area contributed by atoms with Gasteiger partial charge in [0.1, 0.15) is 5.82 Å². The van der Waals surface area contributed by atoms with E-state index in [1.54, 1.807) is 0 Å². The molecule has 0 amide bonds. The first kappa shape index (κ1) is 15.8. The van der Waals surface area contributed by atoms with E-state index in [4.69, 9.17) is 5.73 Å². The lowest BCUT2D eigenvalue weighted by molar-refractivity contribution is 0.412. The molecule has 5 nitrogen and oxygen atoms in total. The molecule has 1 aromatic heterocycles. The van der Waals surface area contributed by atoms with Crippen LogP contribution in [-0.4, -0.2) is 28.1 Å². The zero-order valence-electron chi connectivity index (χ0n) is 14.0. The second kappa shape index (κ2) is 7.49. The SMILES string of the molecule is Cc1nc2ccccc2n1CCCN=C(N)NC1CCCCC1. The Bertz CT molecular complexity index is 667. The third kappa shape index (κ3) is 4.03. The van der Waals surface area contributed by atoms with E-state index in [0.717, 1.165) is 30.9 Å². The molecular formula is C18H27N5. The number of nitrogens with two attached hydrogens (primary N) is 1. The molecule has 1 aliphatic rings. The first-order valence-corrected chi connectivity index (χ1v) is 8.72. The summed E-state index contributed by atoms with van der Waals surface area (Å²) in [6, 6.07) is 8.79. The van der Waals surface area contributed by atoms with Gasteiger partial charge in [0.2, 0.25) is 0 Å². The molecular weight excluding hydrogens is 286 g/mol. The summed E-state index contributed by atoms with van der Waals surface area (Å²) in [5.74, 6) is 1.66. The van der Waals surface area contributed by atoms with Crippen molar-refractivity contribution in [2.45, 2.75) is 58.0 Å². The number of imidazole rings is 1. The van der Waals surface area contributed by atoms with Crippen LogP contribution in [0.25, 0.3) is 11.0 Å². The van der Waals surface area contributed by atoms with E-state index in [-0.39, 0.29) is 0 Å². The van der Waals surface area contributed by atoms with Crippen molar-refractivity contribution in [3.63, 3.8) is 0 Å². The van der Waals surface area contributed by atoms with Crippen LogP contribution < -0.4 is 11.1 Å². The number of fused-ring (bicyclic) bond motifs is 1. The van der Waals surface area contributed by atoms with Gasteiger partial charge in [0.15, 0.2) is 5.96 Å². The molecule has 0 atom stereocenters. The van der Waals surface area contributed by atoms with E-state index in [2.05, 4.69) is 45.0 Å². The molecule has 1 aromatic carbocycles. The minimum absolute atomic E-state index is 0.521. The van der Waals surface area contributed by atoms with Gasteiger partial charge in [0.05, 0.1) is 11.0 Å². The molecule has 0 radical (unpaired) electrons. The topological polar surface area (TPSA) is 68.2 Å². The summed E-state index contributed by atoms with van der Waals surface area (Å²) in [6.07, 6.45) is 7.37. The minimum Gasteiger partial charge on any atom is -0.370 e. The monoisotopic (exact) mass is 313 g/mol. The van der Waals surface area contributed by atoms with E-state index < -0.39 is 0 Å². The first-order valence-electron chi connectivity index (χ1n) is 8.72. The molecule has 0 aliphatic heterocycles. The number of hydrogen-bond donors (Lipinski definition) is 2. The third-order valence-electron chi connectivity index (χ3n) is 4.62. The highest BCUT2D eigenvalue weighted by Gasteiger charge is 2.13. The largest absolute Gasteiger partial charge is 0.370 e. The van der Waals surface area contributed by atoms with Gasteiger partial charge >= 0.3 is 0 Å². The highest BCUT2D eigenvalue weighted by molar-refractivity contribution is 5.78. The van der Waals surface area contributed by atoms with Crippen molar-refractivity contribution in [2.24, 2.45) is 10.7 Å². The van der Waals surface area contributed by atoms with Gasteiger partial charge in [-0.3, -0.25) is 4.99 Å². The number of nitrogens with one attached hydrogen (secondary N) is 1. The van der Waals surface area contributed by atoms with Crippen molar-refractivity contribution in [3.8, 4) is 0 Å². The Kier molecular flexibility index (Phi) is 5.16. The van der Waals surface area contributed by atoms with E-state index in [9.17, 15) is 0 Å². The Morgan fingerprint density at radius 1 is 1.30 bits per heavy atom. The molecule has 0 unspecified atom stereocenters. The van der Waals surface area contributed by atoms with Crippen molar-refractivity contribution < 1.29 is 0 Å². The van der Waals surface area contributed by atoms with Crippen LogP contribution in [0.2, 0.25) is 0 Å². The molecule has 0 bridgehead atoms. The molecule has 0 saturated heterocycles. The number of guanidine groups is 1. The lowest BCUT2D eigenvalue weighted by atomic mass is 9.96. The highest BCUT2D eigenvalue weighted by atomic mass is 15.1. The number of rotatable bonds is 5. The summed E-state index contributed by atoms with van der Waals surface area (Å²) >= 11 is 0. The molecule has 124 valence electrons. The van der Waals surface area contributed by atoms with Gasteiger partial charge in [-0.1, -0.05) is 31.4 Å². The number of hydrogen-bond acceptors (Lipinski definition) is 2. The van der Waals surface area contributed by atoms with E-state index in [0.29, 0.717) is 12.0 Å². The van der Waals surface area contributed by atoms with E-state index in [1.165, 1.54) is 37.6 Å². The van der Waals surface area contributed by atoms with E-state index >= 15 is 0 Å². The fourth-order valence-electron chi connectivity index (χ4n) is 3.41. The number of para-hydroxylation sites is 2. The first-order chi connectivity index (χ1) is 11.2. The summed E-state index contributed by atoms with van der Waals surface area (Å²) in [4.78, 5) is 9.07. The van der Waals surface area contributed by atoms with Gasteiger partial charge in [-0.05, 0) is 38.3 Å². The van der Waals surface area contributed by atoms with Crippen LogP contribution in [0.3, 0.4) is 0 Å². The average molecular weight is 313 g/mol. The van der Waals surface area contributed by atoms with Gasteiger partial charge in [-0.2, -0.15) is 0 Å². The van der Waals surface area contributed by atoms with Crippen molar-refractivity contribution in [2.75, 3.05) is 6.54 Å². The maximum Gasteiger partial charge on any atom is 0.188 e. The standard InChI is InChI=1S/C18H27N5/c1-14-21-16-10-5-6-11-17(16)23(14)13-7-12-20-18(19)22-15-8-3-2-4-9-15/h5-6,10-11,15H,2-4,7-9,12-13H2,1H3,(H3,19,20,22). The van der Waals surface area contributed by atoms with Gasteiger partial charge in [0, 0.05) is 19.1 Å². The Morgan fingerprint density at radius 2 is 2.09 bits per heavy atom. The van der Waals surface area contributed by atoms with Crippen LogP contribution in [0, 0.1) is 6.92 Å².